The van der Waals surface area contributed by atoms with Gasteiger partial charge in [0.15, 0.2) is 5.82 Å². The smallest absolute Gasteiger partial charge is 0.324 e. The molecular weight excluding hydrogens is 544 g/mol. The van der Waals surface area contributed by atoms with Crippen molar-refractivity contribution in [3.63, 3.8) is 0 Å². The van der Waals surface area contributed by atoms with Crippen LogP contribution in [0.4, 0.5) is 6.01 Å². The molecule has 214 valence electrons. The minimum Gasteiger partial charge on any atom is -0.339 e. The Balaban J connectivity index is 1.19. The minimum atomic E-state index is -3.88. The first-order valence-electron chi connectivity index (χ1n) is 13.5. The number of piperidine rings is 1. The van der Waals surface area contributed by atoms with E-state index in [0.717, 1.165) is 19.3 Å². The van der Waals surface area contributed by atoms with Crippen LogP contribution in [0.2, 0.25) is 0 Å². The Morgan fingerprint density at radius 2 is 1.62 bits per heavy atom. The van der Waals surface area contributed by atoms with E-state index in [0.29, 0.717) is 57.4 Å². The van der Waals surface area contributed by atoms with E-state index in [1.165, 1.54) is 28.6 Å². The molecule has 1 saturated carbocycles. The average molecular weight is 581 g/mol. The maximum Gasteiger partial charge on any atom is 0.324 e. The van der Waals surface area contributed by atoms with Crippen molar-refractivity contribution in [3.8, 4) is 0 Å². The Kier molecular flexibility index (Phi) is 8.00. The van der Waals surface area contributed by atoms with Crippen LogP contribution in [0.3, 0.4) is 0 Å². The van der Waals surface area contributed by atoms with Gasteiger partial charge in [0, 0.05) is 51.2 Å². The number of carbonyl (C=O) groups is 1. The largest absolute Gasteiger partial charge is 0.339 e. The molecule has 39 heavy (non-hydrogen) atoms. The zero-order valence-electron chi connectivity index (χ0n) is 22.3. The van der Waals surface area contributed by atoms with Crippen LogP contribution in [0.25, 0.3) is 0 Å². The van der Waals surface area contributed by atoms with Crippen molar-refractivity contribution in [2.75, 3.05) is 44.2 Å². The molecule has 1 aromatic heterocycles. The molecule has 1 atom stereocenters. The van der Waals surface area contributed by atoms with Crippen LogP contribution in [0, 0.1) is 5.92 Å². The fraction of sp³-hybridized carbons (Fsp3) is 0.640. The third-order valence-electron chi connectivity index (χ3n) is 7.74. The van der Waals surface area contributed by atoms with E-state index >= 15 is 0 Å². The second kappa shape index (κ2) is 11.1. The molecule has 0 unspecified atom stereocenters. The maximum atomic E-state index is 13.4. The lowest BCUT2D eigenvalue weighted by molar-refractivity contribution is -0.137. The van der Waals surface area contributed by atoms with Gasteiger partial charge in [-0.3, -0.25) is 4.79 Å². The van der Waals surface area contributed by atoms with E-state index in [1.54, 1.807) is 4.90 Å². The van der Waals surface area contributed by atoms with Gasteiger partial charge in [-0.15, -0.1) is 0 Å². The summed E-state index contributed by atoms with van der Waals surface area (Å²) in [5.74, 6) is 0.332. The van der Waals surface area contributed by atoms with Crippen LogP contribution in [-0.4, -0.2) is 87.4 Å². The highest BCUT2D eigenvalue weighted by Crippen LogP contribution is 2.27. The Labute approximate surface area is 229 Å². The summed E-state index contributed by atoms with van der Waals surface area (Å²) in [4.78, 5) is 21.6. The van der Waals surface area contributed by atoms with Crippen LogP contribution in [0.5, 0.6) is 0 Å². The van der Waals surface area contributed by atoms with Crippen LogP contribution in [0.1, 0.15) is 57.7 Å². The number of nitrogens with zero attached hydrogens (tertiary/aromatic N) is 5. The number of aromatic nitrogens is 2. The van der Waals surface area contributed by atoms with E-state index in [4.69, 9.17) is 4.52 Å². The van der Waals surface area contributed by atoms with E-state index in [1.807, 2.05) is 18.7 Å². The number of hydrogen-bond acceptors (Lipinski definition) is 9. The van der Waals surface area contributed by atoms with Crippen LogP contribution < -0.4 is 9.62 Å². The molecule has 2 aliphatic heterocycles. The van der Waals surface area contributed by atoms with Gasteiger partial charge >= 0.3 is 6.01 Å². The molecule has 12 nitrogen and oxygen atoms in total. The van der Waals surface area contributed by atoms with Crippen LogP contribution >= 0.6 is 0 Å². The molecular formula is C25H36N6O6S2. The molecule has 3 heterocycles. The number of hydrogen-bond donors (Lipinski definition) is 1. The molecule has 14 heteroatoms. The second-order valence-corrected chi connectivity index (χ2v) is 14.5. The van der Waals surface area contributed by atoms with Gasteiger partial charge in [0.05, 0.1) is 15.7 Å². The van der Waals surface area contributed by atoms with Gasteiger partial charge in [0.1, 0.15) is 0 Å². The number of amides is 1. The lowest BCUT2D eigenvalue weighted by Crippen LogP contribution is -2.53. The second-order valence-electron chi connectivity index (χ2n) is 10.8. The molecule has 0 spiro atoms. The van der Waals surface area contributed by atoms with Crippen molar-refractivity contribution in [1.29, 1.82) is 0 Å². The minimum absolute atomic E-state index is 0.0205. The van der Waals surface area contributed by atoms with Gasteiger partial charge in [0.2, 0.25) is 26.0 Å². The summed E-state index contributed by atoms with van der Waals surface area (Å²) < 4.78 is 61.3. The normalized spacial score (nSPS) is 21.8. The molecule has 1 aliphatic carbocycles. The number of benzene rings is 1. The van der Waals surface area contributed by atoms with Crippen LogP contribution in [0.15, 0.2) is 38.6 Å². The van der Waals surface area contributed by atoms with Gasteiger partial charge in [-0.25, -0.2) is 21.6 Å². The average Bonchev–Trinajstić information content (AvgIpc) is 3.42. The molecule has 1 N–H and O–H groups in total. The molecule has 2 saturated heterocycles. The Morgan fingerprint density at radius 1 is 0.949 bits per heavy atom. The summed E-state index contributed by atoms with van der Waals surface area (Å²) in [5, 5.41) is 4.00. The third kappa shape index (κ3) is 5.98. The first-order valence-corrected chi connectivity index (χ1v) is 16.5. The first kappa shape index (κ1) is 28.0. The fourth-order valence-electron chi connectivity index (χ4n) is 5.08. The number of sulfonamides is 2. The zero-order chi connectivity index (χ0) is 27.8. The Bertz CT molecular complexity index is 1380. The monoisotopic (exact) mass is 580 g/mol. The third-order valence-corrected chi connectivity index (χ3v) is 11.2. The first-order chi connectivity index (χ1) is 18.5. The molecule has 5 rings (SSSR count). The summed E-state index contributed by atoms with van der Waals surface area (Å²) in [6.45, 7) is 6.51. The van der Waals surface area contributed by atoms with E-state index in [2.05, 4.69) is 14.9 Å². The Morgan fingerprint density at radius 3 is 2.21 bits per heavy atom. The van der Waals surface area contributed by atoms with Gasteiger partial charge in [-0.05, 0) is 49.9 Å². The van der Waals surface area contributed by atoms with Gasteiger partial charge in [-0.1, -0.05) is 25.4 Å². The Hall–Kier alpha value is -2.55. The van der Waals surface area contributed by atoms with Crippen molar-refractivity contribution in [2.24, 2.45) is 5.92 Å². The number of piperazine rings is 1. The molecule has 1 aromatic carbocycles. The lowest BCUT2D eigenvalue weighted by atomic mass is 9.94. The van der Waals surface area contributed by atoms with Gasteiger partial charge in [0.25, 0.3) is 0 Å². The topological polar surface area (TPSA) is 146 Å². The zero-order valence-corrected chi connectivity index (χ0v) is 24.0. The molecule has 2 aromatic rings. The van der Waals surface area contributed by atoms with Crippen molar-refractivity contribution < 1.29 is 26.2 Å². The summed E-state index contributed by atoms with van der Waals surface area (Å²) in [5.41, 5.74) is 0. The molecule has 0 radical (unpaired) electrons. The standard InChI is InChI=1S/C25H36N6O6S2/c1-18(2)23-26-25(37-27-23)30-15-13-29(14-16-30)24(32)19-5-4-12-31(17-19)39(35,36)22-10-8-21(9-11-22)38(33,34)28-20-6-3-7-20/h8-11,18-20,28H,3-7,12-17H2,1-2H3/t19-/m1/s1. The van der Waals surface area contributed by atoms with Crippen molar-refractivity contribution >= 4 is 32.0 Å². The summed E-state index contributed by atoms with van der Waals surface area (Å²) in [7, 11) is -7.57. The SMILES string of the molecule is CC(C)c1noc(N2CCN(C(=O)[C@@H]3CCCN(S(=O)(=O)c4ccc(S(=O)(=O)NC5CCC5)cc4)C3)CC2)n1. The number of carbonyl (C=O) groups excluding carboxylic acids is 1. The van der Waals surface area contributed by atoms with Crippen molar-refractivity contribution in [3.05, 3.63) is 30.1 Å². The van der Waals surface area contributed by atoms with E-state index in [-0.39, 0.29) is 34.2 Å². The number of rotatable bonds is 8. The molecule has 3 fully saturated rings. The van der Waals surface area contributed by atoms with Gasteiger partial charge < -0.3 is 14.3 Å². The molecule has 1 amide bonds. The fourth-order valence-corrected chi connectivity index (χ4v) is 7.91. The summed E-state index contributed by atoms with van der Waals surface area (Å²) in [6.07, 6.45) is 3.82. The molecule has 3 aliphatic rings. The van der Waals surface area contributed by atoms with E-state index < -0.39 is 26.0 Å². The summed E-state index contributed by atoms with van der Waals surface area (Å²) >= 11 is 0. The quantitative estimate of drug-likeness (QED) is 0.494. The highest BCUT2D eigenvalue weighted by atomic mass is 32.2. The maximum absolute atomic E-state index is 13.4. The highest BCUT2D eigenvalue weighted by molar-refractivity contribution is 7.89. The van der Waals surface area contributed by atoms with Gasteiger partial charge in [-0.2, -0.15) is 9.29 Å². The highest BCUT2D eigenvalue weighted by Gasteiger charge is 2.36. The van der Waals surface area contributed by atoms with Crippen LogP contribution in [-0.2, 0) is 24.8 Å². The van der Waals surface area contributed by atoms with E-state index in [9.17, 15) is 21.6 Å². The number of anilines is 1. The number of nitrogens with one attached hydrogen (secondary N) is 1. The predicted molar refractivity (Wildman–Crippen MR) is 143 cm³/mol. The summed E-state index contributed by atoms with van der Waals surface area (Å²) in [6, 6.07) is 5.72. The lowest BCUT2D eigenvalue weighted by Gasteiger charge is -2.38. The van der Waals surface area contributed by atoms with Crippen molar-refractivity contribution in [1.82, 2.24) is 24.1 Å². The van der Waals surface area contributed by atoms with Crippen molar-refractivity contribution in [2.45, 2.75) is 67.7 Å². The molecule has 0 bridgehead atoms. The predicted octanol–water partition coefficient (Wildman–Crippen LogP) is 1.77.